The van der Waals surface area contributed by atoms with Gasteiger partial charge in [0.05, 0.1) is 4.92 Å². The monoisotopic (exact) mass is 340 g/mol. The van der Waals surface area contributed by atoms with Gasteiger partial charge in [0.15, 0.2) is 0 Å². The van der Waals surface area contributed by atoms with Gasteiger partial charge in [0, 0.05) is 28.7 Å². The third kappa shape index (κ3) is 3.62. The Hall–Kier alpha value is -1.24. The molecule has 6 heteroatoms. The third-order valence-corrected chi connectivity index (χ3v) is 4.08. The summed E-state index contributed by atoms with van der Waals surface area (Å²) in [4.78, 5) is 10.7. The summed E-state index contributed by atoms with van der Waals surface area (Å²) in [5.41, 5.74) is 2.03. The number of halogens is 1. The maximum Gasteiger partial charge on any atom is 0.275 e. The minimum absolute atomic E-state index is 0.138. The predicted octanol–water partition coefficient (Wildman–Crippen LogP) is 4.27. The van der Waals surface area contributed by atoms with Crippen molar-refractivity contribution in [3.8, 4) is 0 Å². The summed E-state index contributed by atoms with van der Waals surface area (Å²) in [7, 11) is 0. The molecule has 0 saturated carbocycles. The molecular formula is C13H13BrN2O2S. The number of nitro benzene ring substituents is 1. The van der Waals surface area contributed by atoms with Crippen LogP contribution in [0, 0.1) is 10.1 Å². The third-order valence-electron chi connectivity index (χ3n) is 2.89. The maximum atomic E-state index is 11.0. The molecule has 19 heavy (non-hydrogen) atoms. The van der Waals surface area contributed by atoms with Gasteiger partial charge in [-0.15, -0.1) is 0 Å². The summed E-state index contributed by atoms with van der Waals surface area (Å²) in [5.74, 6) is 0. The Morgan fingerprint density at radius 3 is 2.89 bits per heavy atom. The summed E-state index contributed by atoms with van der Waals surface area (Å²) in [6.45, 7) is 2.52. The molecule has 0 fully saturated rings. The lowest BCUT2D eigenvalue weighted by molar-refractivity contribution is -0.385. The standard InChI is InChI=1S/C13H13BrN2O2S/c1-9(11-4-5-19-8-11)15-7-10-2-3-12(14)6-13(10)16(17)18/h2-6,8-9,15H,7H2,1H3. The lowest BCUT2D eigenvalue weighted by Crippen LogP contribution is -2.18. The minimum Gasteiger partial charge on any atom is -0.306 e. The zero-order valence-corrected chi connectivity index (χ0v) is 12.7. The normalized spacial score (nSPS) is 12.3. The molecule has 100 valence electrons. The second kappa shape index (κ2) is 6.27. The van der Waals surface area contributed by atoms with Crippen LogP contribution in [0.1, 0.15) is 24.1 Å². The van der Waals surface area contributed by atoms with Gasteiger partial charge in [-0.05, 0) is 41.4 Å². The Bertz CT molecular complexity index is 572. The van der Waals surface area contributed by atoms with E-state index in [9.17, 15) is 10.1 Å². The quantitative estimate of drug-likeness (QED) is 0.653. The molecule has 1 heterocycles. The molecule has 0 bridgehead atoms. The van der Waals surface area contributed by atoms with Crippen LogP contribution in [0.15, 0.2) is 39.5 Å². The fraction of sp³-hybridized carbons (Fsp3) is 0.231. The first-order valence-corrected chi connectivity index (χ1v) is 7.50. The van der Waals surface area contributed by atoms with Crippen LogP contribution in [-0.2, 0) is 6.54 Å². The van der Waals surface area contributed by atoms with E-state index in [0.717, 1.165) is 0 Å². The molecule has 1 aromatic heterocycles. The van der Waals surface area contributed by atoms with Gasteiger partial charge in [-0.2, -0.15) is 11.3 Å². The highest BCUT2D eigenvalue weighted by atomic mass is 79.9. The molecule has 1 unspecified atom stereocenters. The van der Waals surface area contributed by atoms with Crippen LogP contribution in [-0.4, -0.2) is 4.92 Å². The van der Waals surface area contributed by atoms with Crippen LogP contribution in [0.3, 0.4) is 0 Å². The zero-order valence-electron chi connectivity index (χ0n) is 10.3. The van der Waals surface area contributed by atoms with E-state index >= 15 is 0 Å². The Morgan fingerprint density at radius 2 is 2.26 bits per heavy atom. The first-order chi connectivity index (χ1) is 9.08. The van der Waals surface area contributed by atoms with Gasteiger partial charge < -0.3 is 5.32 Å². The van der Waals surface area contributed by atoms with E-state index in [4.69, 9.17) is 0 Å². The van der Waals surface area contributed by atoms with Crippen molar-refractivity contribution in [2.24, 2.45) is 0 Å². The molecule has 0 amide bonds. The van der Waals surface area contributed by atoms with E-state index in [1.165, 1.54) is 11.6 Å². The molecule has 2 rings (SSSR count). The SMILES string of the molecule is CC(NCc1ccc(Br)cc1[N+](=O)[O-])c1ccsc1. The van der Waals surface area contributed by atoms with Crippen molar-refractivity contribution in [1.29, 1.82) is 0 Å². The van der Waals surface area contributed by atoms with Gasteiger partial charge in [0.25, 0.3) is 5.69 Å². The van der Waals surface area contributed by atoms with Crippen molar-refractivity contribution in [2.45, 2.75) is 19.5 Å². The average Bonchev–Trinajstić information content (AvgIpc) is 2.90. The number of nitro groups is 1. The van der Waals surface area contributed by atoms with Crippen LogP contribution in [0.25, 0.3) is 0 Å². The average molecular weight is 341 g/mol. The second-order valence-electron chi connectivity index (χ2n) is 4.19. The van der Waals surface area contributed by atoms with Crippen molar-refractivity contribution in [1.82, 2.24) is 5.32 Å². The number of nitrogens with zero attached hydrogens (tertiary/aromatic N) is 1. The molecule has 2 aromatic rings. The van der Waals surface area contributed by atoms with Gasteiger partial charge in [-0.3, -0.25) is 10.1 Å². The number of benzene rings is 1. The molecule has 0 aliphatic heterocycles. The fourth-order valence-electron chi connectivity index (χ4n) is 1.76. The van der Waals surface area contributed by atoms with E-state index in [-0.39, 0.29) is 16.7 Å². The van der Waals surface area contributed by atoms with Crippen molar-refractivity contribution in [2.75, 3.05) is 0 Å². The van der Waals surface area contributed by atoms with Crippen molar-refractivity contribution in [3.63, 3.8) is 0 Å². The molecule has 4 nitrogen and oxygen atoms in total. The summed E-state index contributed by atoms with van der Waals surface area (Å²) in [6.07, 6.45) is 0. The van der Waals surface area contributed by atoms with E-state index in [1.54, 1.807) is 17.4 Å². The molecule has 0 aliphatic rings. The highest BCUT2D eigenvalue weighted by Gasteiger charge is 2.15. The molecule has 0 radical (unpaired) electrons. The lowest BCUT2D eigenvalue weighted by Gasteiger charge is -2.12. The highest BCUT2D eigenvalue weighted by molar-refractivity contribution is 9.10. The molecule has 1 atom stereocenters. The van der Waals surface area contributed by atoms with Gasteiger partial charge in [-0.25, -0.2) is 0 Å². The fourth-order valence-corrected chi connectivity index (χ4v) is 2.86. The van der Waals surface area contributed by atoms with Crippen LogP contribution >= 0.6 is 27.3 Å². The Kier molecular flexibility index (Phi) is 4.68. The summed E-state index contributed by atoms with van der Waals surface area (Å²) in [6, 6.07) is 7.36. The van der Waals surface area contributed by atoms with Gasteiger partial charge in [-0.1, -0.05) is 15.9 Å². The van der Waals surface area contributed by atoms with Gasteiger partial charge in [0.1, 0.15) is 0 Å². The Labute approximate surface area is 123 Å². The number of hydrogen-bond acceptors (Lipinski definition) is 4. The molecule has 0 spiro atoms. The largest absolute Gasteiger partial charge is 0.306 e. The smallest absolute Gasteiger partial charge is 0.275 e. The molecule has 1 N–H and O–H groups in total. The Morgan fingerprint density at radius 1 is 1.47 bits per heavy atom. The van der Waals surface area contributed by atoms with E-state index in [2.05, 4.69) is 32.7 Å². The molecule has 1 aromatic carbocycles. The van der Waals surface area contributed by atoms with E-state index in [0.29, 0.717) is 16.6 Å². The Balaban J connectivity index is 2.09. The van der Waals surface area contributed by atoms with Crippen molar-refractivity contribution >= 4 is 33.0 Å². The van der Waals surface area contributed by atoms with Crippen molar-refractivity contribution < 1.29 is 4.92 Å². The van der Waals surface area contributed by atoms with E-state index < -0.39 is 0 Å². The number of hydrogen-bond donors (Lipinski definition) is 1. The highest BCUT2D eigenvalue weighted by Crippen LogP contribution is 2.24. The number of rotatable bonds is 5. The lowest BCUT2D eigenvalue weighted by atomic mass is 10.1. The minimum atomic E-state index is -0.350. The number of nitrogens with one attached hydrogen (secondary N) is 1. The summed E-state index contributed by atoms with van der Waals surface area (Å²) in [5, 5.41) is 18.4. The second-order valence-corrected chi connectivity index (χ2v) is 5.89. The van der Waals surface area contributed by atoms with Crippen LogP contribution < -0.4 is 5.32 Å². The first-order valence-electron chi connectivity index (χ1n) is 5.76. The maximum absolute atomic E-state index is 11.0. The summed E-state index contributed by atoms with van der Waals surface area (Å²) >= 11 is 4.90. The molecular weight excluding hydrogens is 328 g/mol. The van der Waals surface area contributed by atoms with Crippen LogP contribution in [0.5, 0.6) is 0 Å². The predicted molar refractivity (Wildman–Crippen MR) is 80.4 cm³/mol. The zero-order chi connectivity index (χ0) is 13.8. The molecule has 0 aliphatic carbocycles. The summed E-state index contributed by atoms with van der Waals surface area (Å²) < 4.78 is 0.717. The van der Waals surface area contributed by atoms with Crippen molar-refractivity contribution in [3.05, 3.63) is 60.7 Å². The first kappa shape index (κ1) is 14.2. The van der Waals surface area contributed by atoms with Crippen LogP contribution in [0.2, 0.25) is 0 Å². The van der Waals surface area contributed by atoms with Gasteiger partial charge >= 0.3 is 0 Å². The topological polar surface area (TPSA) is 55.2 Å². The van der Waals surface area contributed by atoms with Crippen LogP contribution in [0.4, 0.5) is 5.69 Å². The van der Waals surface area contributed by atoms with E-state index in [1.807, 2.05) is 18.4 Å². The molecule has 0 saturated heterocycles. The van der Waals surface area contributed by atoms with Gasteiger partial charge in [0.2, 0.25) is 0 Å². The number of thiophene rings is 1.